The van der Waals surface area contributed by atoms with Crippen LogP contribution in [0.2, 0.25) is 0 Å². The molecule has 3 N–H and O–H groups in total. The number of hydrogen-bond acceptors (Lipinski definition) is 4. The summed E-state index contributed by atoms with van der Waals surface area (Å²) >= 11 is 0. The van der Waals surface area contributed by atoms with Crippen molar-refractivity contribution in [3.8, 4) is 0 Å². The number of alkyl halides is 3. The Morgan fingerprint density at radius 2 is 1.77 bits per heavy atom. The van der Waals surface area contributed by atoms with E-state index >= 15 is 0 Å². The van der Waals surface area contributed by atoms with Crippen molar-refractivity contribution in [2.75, 3.05) is 17.2 Å². The van der Waals surface area contributed by atoms with Crippen LogP contribution in [0.3, 0.4) is 0 Å². The first-order valence-corrected chi connectivity index (χ1v) is 9.74. The molecule has 0 aliphatic carbocycles. The van der Waals surface area contributed by atoms with Gasteiger partial charge in [-0.3, -0.25) is 19.1 Å². The molecule has 2 aromatic rings. The summed E-state index contributed by atoms with van der Waals surface area (Å²) in [6, 6.07) is 4.36. The molecule has 0 radical (unpaired) electrons. The smallest absolute Gasteiger partial charge is 0.383 e. The lowest BCUT2D eigenvalue weighted by Gasteiger charge is -2.25. The third kappa shape index (κ3) is 4.92. The van der Waals surface area contributed by atoms with Crippen LogP contribution in [0.5, 0.6) is 0 Å². The number of aromatic nitrogens is 2. The maximum absolute atomic E-state index is 13.4. The summed E-state index contributed by atoms with van der Waals surface area (Å²) in [5, 5.41) is 0. The van der Waals surface area contributed by atoms with Crippen LogP contribution in [0.25, 0.3) is 0 Å². The third-order valence-corrected chi connectivity index (χ3v) is 4.66. The van der Waals surface area contributed by atoms with Crippen LogP contribution >= 0.6 is 0 Å². The van der Waals surface area contributed by atoms with Crippen LogP contribution in [0.15, 0.2) is 33.9 Å². The van der Waals surface area contributed by atoms with Crippen molar-refractivity contribution < 1.29 is 18.0 Å². The third-order valence-electron chi connectivity index (χ3n) is 4.66. The molecule has 1 amide bonds. The van der Waals surface area contributed by atoms with Gasteiger partial charge in [-0.15, -0.1) is 0 Å². The van der Waals surface area contributed by atoms with Gasteiger partial charge in [0.2, 0.25) is 0 Å². The summed E-state index contributed by atoms with van der Waals surface area (Å²) in [7, 11) is 0. The molecule has 2 rings (SSSR count). The first kappa shape index (κ1) is 23.2. The number of nitrogens with two attached hydrogens (primary N) is 1. The van der Waals surface area contributed by atoms with Crippen LogP contribution < -0.4 is 21.9 Å². The fourth-order valence-corrected chi connectivity index (χ4v) is 3.07. The zero-order valence-electron chi connectivity index (χ0n) is 16.9. The Kier molecular flexibility index (Phi) is 7.47. The van der Waals surface area contributed by atoms with E-state index in [1.54, 1.807) is 0 Å². The molecule has 0 aliphatic heterocycles. The molecule has 0 fully saturated rings. The Hall–Kier alpha value is -3.04. The number of benzene rings is 1. The van der Waals surface area contributed by atoms with Crippen molar-refractivity contribution in [2.24, 2.45) is 0 Å². The summed E-state index contributed by atoms with van der Waals surface area (Å²) in [5.74, 6) is -1.25. The van der Waals surface area contributed by atoms with Gasteiger partial charge < -0.3 is 10.6 Å². The first-order valence-electron chi connectivity index (χ1n) is 9.74. The Bertz CT molecular complexity index is 1010. The van der Waals surface area contributed by atoms with Gasteiger partial charge in [0, 0.05) is 13.1 Å². The molecule has 164 valence electrons. The highest BCUT2D eigenvalue weighted by atomic mass is 19.4. The molecule has 0 unspecified atom stereocenters. The Morgan fingerprint density at radius 1 is 1.13 bits per heavy atom. The molecular weight excluding hydrogens is 401 g/mol. The van der Waals surface area contributed by atoms with Gasteiger partial charge in [-0.05, 0) is 25.0 Å². The van der Waals surface area contributed by atoms with E-state index in [1.807, 2.05) is 13.8 Å². The summed E-state index contributed by atoms with van der Waals surface area (Å²) in [5.41, 5.74) is 2.40. The second kappa shape index (κ2) is 9.64. The number of H-pyrrole nitrogens is 1. The lowest BCUT2D eigenvalue weighted by atomic mass is 10.1. The first-order chi connectivity index (χ1) is 14.1. The fourth-order valence-electron chi connectivity index (χ4n) is 3.07. The Labute approximate surface area is 171 Å². The van der Waals surface area contributed by atoms with Gasteiger partial charge >= 0.3 is 11.9 Å². The van der Waals surface area contributed by atoms with Crippen LogP contribution in [0, 0.1) is 0 Å². The van der Waals surface area contributed by atoms with E-state index < -0.39 is 34.5 Å². The topological polar surface area (TPSA) is 101 Å². The van der Waals surface area contributed by atoms with Crippen LogP contribution in [0.1, 0.15) is 55.5 Å². The van der Waals surface area contributed by atoms with Gasteiger partial charge in [0.25, 0.3) is 11.5 Å². The summed E-state index contributed by atoms with van der Waals surface area (Å²) in [4.78, 5) is 40.9. The second-order valence-corrected chi connectivity index (χ2v) is 6.85. The minimum absolute atomic E-state index is 0.0270. The molecule has 30 heavy (non-hydrogen) atoms. The molecule has 0 saturated carbocycles. The Balaban J connectivity index is 2.67. The Morgan fingerprint density at radius 3 is 2.37 bits per heavy atom. The number of nitrogen functional groups attached to an aromatic ring is 1. The van der Waals surface area contributed by atoms with Crippen molar-refractivity contribution >= 4 is 17.4 Å². The summed E-state index contributed by atoms with van der Waals surface area (Å²) in [6.45, 7) is 3.92. The molecular formula is C20H25F3N4O3. The number of nitrogens with one attached hydrogen (secondary N) is 1. The van der Waals surface area contributed by atoms with Crippen molar-refractivity contribution in [1.29, 1.82) is 0 Å². The molecule has 1 aromatic carbocycles. The van der Waals surface area contributed by atoms with Gasteiger partial charge in [-0.25, -0.2) is 4.79 Å². The van der Waals surface area contributed by atoms with Crippen LogP contribution in [0.4, 0.5) is 24.7 Å². The molecule has 0 bridgehead atoms. The van der Waals surface area contributed by atoms with Crippen molar-refractivity contribution in [3.63, 3.8) is 0 Å². The number of halogens is 3. The van der Waals surface area contributed by atoms with Crippen molar-refractivity contribution in [3.05, 3.63) is 56.2 Å². The van der Waals surface area contributed by atoms with E-state index in [0.29, 0.717) is 19.3 Å². The fraction of sp³-hybridized carbons (Fsp3) is 0.450. The zero-order chi connectivity index (χ0) is 22.5. The second-order valence-electron chi connectivity index (χ2n) is 6.85. The number of aromatic amines is 1. The maximum atomic E-state index is 13.4. The molecule has 0 aliphatic rings. The lowest BCUT2D eigenvalue weighted by molar-refractivity contribution is -0.137. The average molecular weight is 426 g/mol. The van der Waals surface area contributed by atoms with Crippen molar-refractivity contribution in [2.45, 2.75) is 52.3 Å². The van der Waals surface area contributed by atoms with Gasteiger partial charge in [0.05, 0.1) is 11.1 Å². The molecule has 1 heterocycles. The molecule has 0 atom stereocenters. The number of nitrogens with zero attached hydrogens (tertiary/aromatic N) is 2. The number of amides is 1. The number of anilines is 2. The van der Waals surface area contributed by atoms with E-state index in [4.69, 9.17) is 5.73 Å². The lowest BCUT2D eigenvalue weighted by Crippen LogP contribution is -2.42. The summed E-state index contributed by atoms with van der Waals surface area (Å²) in [6.07, 6.45) is -2.36. The SMILES string of the molecule is CCCCN(C(=O)c1ccccc1C(F)(F)F)c1c(N)n(CCCC)c(=O)[nH]c1=O. The normalized spacial score (nSPS) is 11.5. The van der Waals surface area contributed by atoms with E-state index in [9.17, 15) is 27.6 Å². The maximum Gasteiger partial charge on any atom is 0.417 e. The van der Waals surface area contributed by atoms with Crippen LogP contribution in [-0.4, -0.2) is 22.0 Å². The van der Waals surface area contributed by atoms with E-state index in [1.165, 1.54) is 12.1 Å². The highest BCUT2D eigenvalue weighted by Crippen LogP contribution is 2.33. The van der Waals surface area contributed by atoms with Crippen molar-refractivity contribution in [1.82, 2.24) is 9.55 Å². The number of carbonyl (C=O) groups excluding carboxylic acids is 1. The monoisotopic (exact) mass is 426 g/mol. The number of rotatable bonds is 8. The van der Waals surface area contributed by atoms with Gasteiger partial charge in [0.15, 0.2) is 5.69 Å². The van der Waals surface area contributed by atoms with Gasteiger partial charge in [-0.1, -0.05) is 38.8 Å². The zero-order valence-corrected chi connectivity index (χ0v) is 16.9. The number of unbranched alkanes of at least 4 members (excludes halogenated alkanes) is 2. The van der Waals surface area contributed by atoms with Gasteiger partial charge in [-0.2, -0.15) is 13.2 Å². The molecule has 0 spiro atoms. The molecule has 7 nitrogen and oxygen atoms in total. The molecule has 0 saturated heterocycles. The highest BCUT2D eigenvalue weighted by molar-refractivity contribution is 6.08. The van der Waals surface area contributed by atoms with Gasteiger partial charge in [0.1, 0.15) is 5.82 Å². The van der Waals surface area contributed by atoms with E-state index in [-0.39, 0.29) is 24.6 Å². The van der Waals surface area contributed by atoms with E-state index in [0.717, 1.165) is 28.0 Å². The minimum Gasteiger partial charge on any atom is -0.383 e. The average Bonchev–Trinajstić information content (AvgIpc) is 2.69. The van der Waals surface area contributed by atoms with E-state index in [2.05, 4.69) is 4.98 Å². The standard InChI is InChI=1S/C20H25F3N4O3/c1-3-5-11-26(18(29)13-9-7-8-10-14(13)20(21,22)23)15-16(24)27(12-6-4-2)19(30)25-17(15)28/h7-10H,3-6,11-12,24H2,1-2H3,(H,25,28,30). The predicted octanol–water partition coefficient (Wildman–Crippen LogP) is 3.38. The predicted molar refractivity (Wildman–Crippen MR) is 109 cm³/mol. The number of carbonyl (C=O) groups is 1. The largest absolute Gasteiger partial charge is 0.417 e. The summed E-state index contributed by atoms with van der Waals surface area (Å²) < 4.78 is 41.4. The minimum atomic E-state index is -4.75. The molecule has 10 heteroatoms. The number of hydrogen-bond donors (Lipinski definition) is 2. The quantitative estimate of drug-likeness (QED) is 0.676. The highest BCUT2D eigenvalue weighted by Gasteiger charge is 2.37. The van der Waals surface area contributed by atoms with Crippen LogP contribution in [-0.2, 0) is 12.7 Å². The molecule has 1 aromatic heterocycles.